The fourth-order valence-electron chi connectivity index (χ4n) is 3.92. The highest BCUT2D eigenvalue weighted by Gasteiger charge is 2.52. The van der Waals surface area contributed by atoms with Crippen LogP contribution < -0.4 is 0 Å². The van der Waals surface area contributed by atoms with Crippen molar-refractivity contribution in [2.75, 3.05) is 7.11 Å². The van der Waals surface area contributed by atoms with Gasteiger partial charge >= 0.3 is 0 Å². The molecule has 2 rings (SSSR count). The normalized spacial score (nSPS) is 46.5. The number of aliphatic hydroxyl groups is 2. The van der Waals surface area contributed by atoms with E-state index in [4.69, 9.17) is 4.74 Å². The van der Waals surface area contributed by atoms with Gasteiger partial charge in [-0.3, -0.25) is 0 Å². The van der Waals surface area contributed by atoms with E-state index in [0.717, 1.165) is 12.8 Å². The second kappa shape index (κ2) is 4.87. The molecule has 0 aliphatic heterocycles. The molecule has 2 aliphatic rings. The third-order valence-corrected chi connectivity index (χ3v) is 5.74. The van der Waals surface area contributed by atoms with Crippen molar-refractivity contribution in [3.63, 3.8) is 0 Å². The second-order valence-electron chi connectivity index (χ2n) is 7.26. The topological polar surface area (TPSA) is 49.7 Å². The van der Waals surface area contributed by atoms with Crippen molar-refractivity contribution in [3.8, 4) is 0 Å². The van der Waals surface area contributed by atoms with Gasteiger partial charge in [-0.15, -0.1) is 0 Å². The Morgan fingerprint density at radius 1 is 1.21 bits per heavy atom. The SMILES string of the molecule is C=C1CC[C@@H](O)[C@@](C)(OC)[C@H](O)C[C@@H]2[C@@H]1CC2(C)C. The molecule has 0 unspecified atom stereocenters. The summed E-state index contributed by atoms with van der Waals surface area (Å²) in [5.41, 5.74) is 0.607. The molecule has 3 heteroatoms. The molecule has 0 aromatic rings. The van der Waals surface area contributed by atoms with Gasteiger partial charge in [0.2, 0.25) is 0 Å². The molecule has 2 saturated carbocycles. The molecule has 3 nitrogen and oxygen atoms in total. The summed E-state index contributed by atoms with van der Waals surface area (Å²) < 4.78 is 5.48. The first-order chi connectivity index (χ1) is 8.72. The van der Waals surface area contributed by atoms with Crippen molar-refractivity contribution in [2.45, 2.75) is 64.3 Å². The predicted octanol–water partition coefficient (Wildman–Crippen LogP) is 2.52. The Morgan fingerprint density at radius 2 is 1.84 bits per heavy atom. The van der Waals surface area contributed by atoms with Crippen molar-refractivity contribution in [1.29, 1.82) is 0 Å². The van der Waals surface area contributed by atoms with E-state index in [2.05, 4.69) is 20.4 Å². The molecule has 0 bridgehead atoms. The van der Waals surface area contributed by atoms with Crippen LogP contribution in [-0.4, -0.2) is 35.1 Å². The average Bonchev–Trinajstić information content (AvgIpc) is 2.39. The number of allylic oxidation sites excluding steroid dienone is 1. The monoisotopic (exact) mass is 268 g/mol. The van der Waals surface area contributed by atoms with Gasteiger partial charge in [0.05, 0.1) is 12.2 Å². The molecule has 19 heavy (non-hydrogen) atoms. The molecule has 0 radical (unpaired) electrons. The summed E-state index contributed by atoms with van der Waals surface area (Å²) in [6, 6.07) is 0. The maximum absolute atomic E-state index is 10.6. The second-order valence-corrected chi connectivity index (χ2v) is 7.26. The molecule has 2 aliphatic carbocycles. The summed E-state index contributed by atoms with van der Waals surface area (Å²) in [5, 5.41) is 20.9. The van der Waals surface area contributed by atoms with E-state index in [-0.39, 0.29) is 5.41 Å². The van der Waals surface area contributed by atoms with Gasteiger partial charge in [0.15, 0.2) is 0 Å². The number of aliphatic hydroxyl groups excluding tert-OH is 2. The summed E-state index contributed by atoms with van der Waals surface area (Å²) in [4.78, 5) is 0. The maximum atomic E-state index is 10.6. The first kappa shape index (κ1) is 15.0. The van der Waals surface area contributed by atoms with E-state index < -0.39 is 17.8 Å². The van der Waals surface area contributed by atoms with Crippen LogP contribution in [0.5, 0.6) is 0 Å². The van der Waals surface area contributed by atoms with Gasteiger partial charge in [0.1, 0.15) is 5.60 Å². The summed E-state index contributed by atoms with van der Waals surface area (Å²) in [6.07, 6.45) is 1.98. The molecule has 2 N–H and O–H groups in total. The van der Waals surface area contributed by atoms with E-state index in [0.29, 0.717) is 24.7 Å². The molecular formula is C16H28O3. The smallest absolute Gasteiger partial charge is 0.116 e. The molecule has 0 amide bonds. The van der Waals surface area contributed by atoms with E-state index >= 15 is 0 Å². The van der Waals surface area contributed by atoms with Crippen molar-refractivity contribution < 1.29 is 14.9 Å². The minimum Gasteiger partial charge on any atom is -0.390 e. The number of hydrogen-bond acceptors (Lipinski definition) is 3. The van der Waals surface area contributed by atoms with Crippen molar-refractivity contribution in [2.24, 2.45) is 17.3 Å². The number of methoxy groups -OCH3 is 1. The van der Waals surface area contributed by atoms with Gasteiger partial charge in [-0.05, 0) is 49.9 Å². The molecule has 0 heterocycles. The Bertz CT molecular complexity index is 363. The molecular weight excluding hydrogens is 240 g/mol. The summed E-state index contributed by atoms with van der Waals surface area (Å²) in [5.74, 6) is 0.936. The molecule has 0 saturated heterocycles. The van der Waals surface area contributed by atoms with Crippen LogP contribution >= 0.6 is 0 Å². The molecule has 5 atom stereocenters. The molecule has 110 valence electrons. The van der Waals surface area contributed by atoms with Gasteiger partial charge in [-0.2, -0.15) is 0 Å². The van der Waals surface area contributed by atoms with Crippen molar-refractivity contribution in [3.05, 3.63) is 12.2 Å². The van der Waals surface area contributed by atoms with Crippen LogP contribution in [-0.2, 0) is 4.74 Å². The third kappa shape index (κ3) is 2.37. The zero-order valence-electron chi connectivity index (χ0n) is 12.6. The van der Waals surface area contributed by atoms with E-state index in [1.54, 1.807) is 7.11 Å². The van der Waals surface area contributed by atoms with Crippen LogP contribution in [0.1, 0.15) is 46.5 Å². The highest BCUT2D eigenvalue weighted by atomic mass is 16.5. The average molecular weight is 268 g/mol. The van der Waals surface area contributed by atoms with Crippen LogP contribution in [0.15, 0.2) is 12.2 Å². The van der Waals surface area contributed by atoms with E-state index in [1.807, 2.05) is 6.92 Å². The third-order valence-electron chi connectivity index (χ3n) is 5.74. The Kier molecular flexibility index (Phi) is 3.85. The highest BCUT2D eigenvalue weighted by molar-refractivity contribution is 5.15. The largest absolute Gasteiger partial charge is 0.390 e. The summed E-state index contributed by atoms with van der Waals surface area (Å²) in [6.45, 7) is 10.5. The van der Waals surface area contributed by atoms with Crippen LogP contribution in [0.3, 0.4) is 0 Å². The number of hydrogen-bond donors (Lipinski definition) is 2. The van der Waals surface area contributed by atoms with Crippen LogP contribution in [0.4, 0.5) is 0 Å². The fourth-order valence-corrected chi connectivity index (χ4v) is 3.92. The minimum absolute atomic E-state index is 0.249. The van der Waals surface area contributed by atoms with Crippen LogP contribution in [0.2, 0.25) is 0 Å². The lowest BCUT2D eigenvalue weighted by atomic mass is 9.52. The lowest BCUT2D eigenvalue weighted by Crippen LogP contribution is -2.54. The highest BCUT2D eigenvalue weighted by Crippen LogP contribution is 2.57. The molecule has 0 aromatic heterocycles. The van der Waals surface area contributed by atoms with Crippen molar-refractivity contribution >= 4 is 0 Å². The summed E-state index contributed by atoms with van der Waals surface area (Å²) in [7, 11) is 1.57. The van der Waals surface area contributed by atoms with Gasteiger partial charge in [-0.1, -0.05) is 26.0 Å². The van der Waals surface area contributed by atoms with E-state index in [1.165, 1.54) is 5.57 Å². The van der Waals surface area contributed by atoms with Crippen LogP contribution in [0.25, 0.3) is 0 Å². The number of fused-ring (bicyclic) bond motifs is 1. The Morgan fingerprint density at radius 3 is 2.37 bits per heavy atom. The maximum Gasteiger partial charge on any atom is 0.116 e. The first-order valence-corrected chi connectivity index (χ1v) is 7.31. The quantitative estimate of drug-likeness (QED) is 0.718. The van der Waals surface area contributed by atoms with E-state index in [9.17, 15) is 10.2 Å². The molecule has 0 spiro atoms. The first-order valence-electron chi connectivity index (χ1n) is 7.31. The Labute approximate surface area is 116 Å². The molecule has 0 aromatic carbocycles. The fraction of sp³-hybridized carbons (Fsp3) is 0.875. The summed E-state index contributed by atoms with van der Waals surface area (Å²) >= 11 is 0. The number of rotatable bonds is 1. The van der Waals surface area contributed by atoms with Crippen LogP contribution in [0, 0.1) is 17.3 Å². The van der Waals surface area contributed by atoms with Gasteiger partial charge < -0.3 is 14.9 Å². The number of ether oxygens (including phenoxy) is 1. The predicted molar refractivity (Wildman–Crippen MR) is 75.8 cm³/mol. The Hall–Kier alpha value is -0.380. The minimum atomic E-state index is -0.874. The van der Waals surface area contributed by atoms with Gasteiger partial charge in [-0.25, -0.2) is 0 Å². The lowest BCUT2D eigenvalue weighted by molar-refractivity contribution is -0.169. The van der Waals surface area contributed by atoms with Crippen molar-refractivity contribution in [1.82, 2.24) is 0 Å². The zero-order valence-corrected chi connectivity index (χ0v) is 12.6. The molecule has 2 fully saturated rings. The van der Waals surface area contributed by atoms with Gasteiger partial charge in [0.25, 0.3) is 0 Å². The zero-order chi connectivity index (χ0) is 14.4. The lowest BCUT2D eigenvalue weighted by Gasteiger charge is -2.54. The Balaban J connectivity index is 2.27. The van der Waals surface area contributed by atoms with Gasteiger partial charge in [0, 0.05) is 7.11 Å². The standard InChI is InChI=1S/C16H28O3/c1-10-6-7-13(17)16(4,19-5)14(18)8-12-11(10)9-15(12,2)3/h11-14,17-18H,1,6-9H2,2-5H3/t11-,12-,13-,14-,16-/m1/s1.